The molecule has 0 saturated carbocycles. The fraction of sp³-hybridized carbons (Fsp3) is 0.510. The summed E-state index contributed by atoms with van der Waals surface area (Å²) in [5.74, 6) is -7.00. The quantitative estimate of drug-likeness (QED) is 0.0197. The van der Waals surface area contributed by atoms with Gasteiger partial charge in [0.25, 0.3) is 0 Å². The highest BCUT2D eigenvalue weighted by Gasteiger charge is 2.36. The van der Waals surface area contributed by atoms with Crippen LogP contribution in [0.3, 0.4) is 0 Å². The highest BCUT2D eigenvalue weighted by molar-refractivity contribution is 5.98. The van der Waals surface area contributed by atoms with Gasteiger partial charge < -0.3 is 74.8 Å². The summed E-state index contributed by atoms with van der Waals surface area (Å²) < 4.78 is 0. The first-order valence-corrected chi connectivity index (χ1v) is 25.2. The van der Waals surface area contributed by atoms with Gasteiger partial charge in [-0.3, -0.25) is 39.6 Å². The molecule has 404 valence electrons. The molecular weight excluding hydrogens is 951 g/mol. The first kappa shape index (κ1) is 58.9. The van der Waals surface area contributed by atoms with E-state index in [1.807, 2.05) is 69.3 Å². The minimum absolute atomic E-state index is 0.0168. The molecule has 4 rings (SSSR count). The van der Waals surface area contributed by atoms with Gasteiger partial charge in [0, 0.05) is 60.1 Å². The van der Waals surface area contributed by atoms with Crippen molar-refractivity contribution in [2.75, 3.05) is 13.1 Å². The van der Waals surface area contributed by atoms with Crippen LogP contribution in [0.5, 0.6) is 0 Å². The molecule has 8 atom stereocenters. The largest absolute Gasteiger partial charge is 0.480 e. The Bertz CT molecular complexity index is 2580. The second-order valence-corrected chi connectivity index (χ2v) is 19.5. The molecule has 74 heavy (non-hydrogen) atoms. The third kappa shape index (κ3) is 17.8. The van der Waals surface area contributed by atoms with Crippen LogP contribution in [-0.2, 0) is 46.4 Å². The van der Waals surface area contributed by atoms with Crippen LogP contribution < -0.4 is 59.7 Å². The number of rotatable bonds is 30. The van der Waals surface area contributed by atoms with Crippen molar-refractivity contribution in [1.29, 1.82) is 10.8 Å². The van der Waals surface area contributed by atoms with Crippen molar-refractivity contribution in [3.05, 3.63) is 72.1 Å². The highest BCUT2D eigenvalue weighted by atomic mass is 16.4. The maximum atomic E-state index is 14.8. The van der Waals surface area contributed by atoms with Crippen LogP contribution in [-0.4, -0.2) is 124 Å². The smallest absolute Gasteiger partial charge is 0.326 e. The molecule has 0 spiro atoms. The fourth-order valence-electron chi connectivity index (χ4n) is 8.48. The number of para-hydroxylation sites is 2. The number of carboxylic acids is 1. The van der Waals surface area contributed by atoms with E-state index < -0.39 is 95.5 Å². The summed E-state index contributed by atoms with van der Waals surface area (Å²) in [5.41, 5.74) is 19.9. The summed E-state index contributed by atoms with van der Waals surface area (Å²) in [7, 11) is 0. The molecule has 0 saturated heterocycles. The summed E-state index contributed by atoms with van der Waals surface area (Å²) in [6.45, 7) is 11.3. The number of aromatic amines is 2. The summed E-state index contributed by atoms with van der Waals surface area (Å²) in [5, 5.41) is 48.3. The van der Waals surface area contributed by atoms with Gasteiger partial charge in [-0.15, -0.1) is 0 Å². The lowest BCUT2D eigenvalue weighted by atomic mass is 9.95. The van der Waals surface area contributed by atoms with Gasteiger partial charge in [0.15, 0.2) is 11.9 Å². The first-order valence-electron chi connectivity index (χ1n) is 25.2. The lowest BCUT2D eigenvalue weighted by molar-refractivity contribution is -0.142. The molecule has 0 aliphatic rings. The van der Waals surface area contributed by atoms with Crippen LogP contribution in [0.1, 0.15) is 91.2 Å². The van der Waals surface area contributed by atoms with Crippen LogP contribution in [0.15, 0.2) is 60.9 Å². The molecular formula is C51H77N15O8. The molecule has 4 aromatic rings. The molecule has 0 unspecified atom stereocenters. The number of hydrogen-bond donors (Lipinski definition) is 16. The van der Waals surface area contributed by atoms with Gasteiger partial charge in [-0.1, -0.05) is 84.4 Å². The van der Waals surface area contributed by atoms with E-state index in [9.17, 15) is 38.7 Å². The van der Waals surface area contributed by atoms with Crippen LogP contribution >= 0.6 is 0 Å². The molecule has 2 aromatic heterocycles. The second-order valence-electron chi connectivity index (χ2n) is 19.5. The lowest BCUT2D eigenvalue weighted by Crippen LogP contribution is -2.61. The van der Waals surface area contributed by atoms with Crippen LogP contribution in [0.25, 0.3) is 21.8 Å². The number of carbonyl (C=O) groups excluding carboxylic acids is 6. The van der Waals surface area contributed by atoms with E-state index in [1.54, 1.807) is 33.2 Å². The number of aliphatic carboxylic acids is 1. The zero-order valence-electron chi connectivity index (χ0n) is 43.2. The topological polar surface area (TPSA) is 393 Å². The molecule has 23 nitrogen and oxygen atoms in total. The number of aromatic nitrogens is 2. The van der Waals surface area contributed by atoms with Gasteiger partial charge in [-0.25, -0.2) is 4.79 Å². The van der Waals surface area contributed by atoms with Crippen LogP contribution in [0.2, 0.25) is 0 Å². The predicted octanol–water partition coefficient (Wildman–Crippen LogP) is 1.03. The number of nitrogens with one attached hydrogen (secondary N) is 12. The fourth-order valence-corrected chi connectivity index (χ4v) is 8.48. The van der Waals surface area contributed by atoms with Gasteiger partial charge >= 0.3 is 5.97 Å². The second kappa shape index (κ2) is 28.5. The zero-order chi connectivity index (χ0) is 54.6. The van der Waals surface area contributed by atoms with Gasteiger partial charge in [-0.2, -0.15) is 0 Å². The Labute approximate surface area is 431 Å². The third-order valence-electron chi connectivity index (χ3n) is 12.8. The Morgan fingerprint density at radius 3 is 1.46 bits per heavy atom. The van der Waals surface area contributed by atoms with E-state index >= 15 is 0 Å². The van der Waals surface area contributed by atoms with E-state index in [-0.39, 0.29) is 69.5 Å². The number of hydrogen-bond acceptors (Lipinski definition) is 10. The SMILES string of the molecule is CC[C@H](C)[C@H](NC(=O)[C@H](Cc1c[nH]c2ccccc12)NC(=O)[C@@H](NC(=O)[C@@H](N)CC(C)C)C(C)C)C(=O)N[C@@H](Cc1c[nH]c2ccccc12)C(=O)N[C@@H](CCCNC(=N)N)C(=O)N[C@@H](CCCNC(=N)N)C(=O)O. The Morgan fingerprint density at radius 1 is 0.581 bits per heavy atom. The maximum Gasteiger partial charge on any atom is 0.326 e. The minimum Gasteiger partial charge on any atom is -0.480 e. The van der Waals surface area contributed by atoms with Crippen molar-refractivity contribution in [2.24, 2.45) is 35.0 Å². The number of carboxylic acid groups (broad SMARTS) is 1. The van der Waals surface area contributed by atoms with Crippen molar-refractivity contribution in [2.45, 2.75) is 135 Å². The Balaban J connectivity index is 1.68. The summed E-state index contributed by atoms with van der Waals surface area (Å²) in [6, 6.07) is 6.21. The van der Waals surface area contributed by atoms with Crippen LogP contribution in [0.4, 0.5) is 0 Å². The average Bonchev–Trinajstić information content (AvgIpc) is 3.96. The standard InChI is InChI=1S/C51H77N15O8/c1-7-29(6)42(66-46(70)40(24-31-26-60-36-17-11-9-15-33(31)36)63-47(71)41(28(4)5)65-43(67)34(52)22-27(2)3)48(72)64-39(23-30-25-59-35-16-10-8-14-32(30)35)45(69)61-37(18-12-20-57-50(53)54)44(68)62-38(49(73)74)19-13-21-58-51(55)56/h8-11,14-17,25-29,34,37-42,59-60H,7,12-13,18-24,52H2,1-6H3,(H,61,69)(H,62,68)(H,63,71)(H,64,72)(H,65,67)(H,66,70)(H,73,74)(H4,53,54,57)(H4,55,56,58)/t29-,34-,37-,38-,39-,40-,41-,42-/m0/s1. The Morgan fingerprint density at radius 2 is 1.00 bits per heavy atom. The predicted molar refractivity (Wildman–Crippen MR) is 283 cm³/mol. The number of benzene rings is 2. The molecule has 0 bridgehead atoms. The van der Waals surface area contributed by atoms with Crippen molar-refractivity contribution in [3.63, 3.8) is 0 Å². The highest BCUT2D eigenvalue weighted by Crippen LogP contribution is 2.22. The number of fused-ring (bicyclic) bond motifs is 2. The first-order chi connectivity index (χ1) is 35.1. The van der Waals surface area contributed by atoms with Gasteiger partial charge in [0.1, 0.15) is 36.3 Å². The molecule has 0 radical (unpaired) electrons. The molecule has 0 aliphatic heterocycles. The number of amides is 6. The van der Waals surface area contributed by atoms with Crippen LogP contribution in [0, 0.1) is 28.6 Å². The van der Waals surface area contributed by atoms with E-state index in [1.165, 1.54) is 0 Å². The van der Waals surface area contributed by atoms with Crippen molar-refractivity contribution < 1.29 is 38.7 Å². The van der Waals surface area contributed by atoms with Crippen molar-refractivity contribution in [1.82, 2.24) is 52.5 Å². The average molecular weight is 1030 g/mol. The zero-order valence-corrected chi connectivity index (χ0v) is 43.2. The van der Waals surface area contributed by atoms with Crippen molar-refractivity contribution in [3.8, 4) is 0 Å². The number of nitrogens with two attached hydrogens (primary N) is 3. The van der Waals surface area contributed by atoms with E-state index in [2.05, 4.69) is 52.5 Å². The Hall–Kier alpha value is -7.69. The summed E-state index contributed by atoms with van der Waals surface area (Å²) in [4.78, 5) is 104. The van der Waals surface area contributed by atoms with E-state index in [0.717, 1.165) is 21.8 Å². The van der Waals surface area contributed by atoms with E-state index in [0.29, 0.717) is 24.0 Å². The Kier molecular flexibility index (Phi) is 22.7. The molecule has 6 amide bonds. The molecule has 2 aromatic carbocycles. The molecule has 0 aliphatic carbocycles. The maximum absolute atomic E-state index is 14.8. The van der Waals surface area contributed by atoms with Gasteiger partial charge in [-0.05, 0) is 73.1 Å². The monoisotopic (exact) mass is 1030 g/mol. The summed E-state index contributed by atoms with van der Waals surface area (Å²) >= 11 is 0. The number of carbonyl (C=O) groups is 7. The molecule has 19 N–H and O–H groups in total. The lowest BCUT2D eigenvalue weighted by Gasteiger charge is -2.30. The van der Waals surface area contributed by atoms with Gasteiger partial charge in [0.2, 0.25) is 35.4 Å². The van der Waals surface area contributed by atoms with Crippen molar-refractivity contribution >= 4 is 75.1 Å². The normalized spacial score (nSPS) is 14.6. The summed E-state index contributed by atoms with van der Waals surface area (Å²) in [6.07, 6.45) is 4.46. The van der Waals surface area contributed by atoms with E-state index in [4.69, 9.17) is 28.0 Å². The molecule has 0 fully saturated rings. The van der Waals surface area contributed by atoms with Gasteiger partial charge in [0.05, 0.1) is 6.04 Å². The molecule has 2 heterocycles. The molecule has 23 heteroatoms. The minimum atomic E-state index is -1.37. The third-order valence-corrected chi connectivity index (χ3v) is 12.8. The number of guanidine groups is 2. The number of H-pyrrole nitrogens is 2.